The van der Waals surface area contributed by atoms with Crippen LogP contribution < -0.4 is 5.32 Å². The molecule has 0 saturated carbocycles. The van der Waals surface area contributed by atoms with Gasteiger partial charge in [0.05, 0.1) is 16.8 Å². The highest BCUT2D eigenvalue weighted by molar-refractivity contribution is 6.06. The summed E-state index contributed by atoms with van der Waals surface area (Å²) in [4.78, 5) is 38.7. The minimum atomic E-state index is -1.29. The molecule has 20 heavy (non-hydrogen) atoms. The molecule has 9 nitrogen and oxygen atoms in total. The standard InChI is InChI=1S/C11H8N4O5/c16-10(8-4-6(5-13-8)15(19)20)14-7-2-1-3-12-9(7)11(17)18/h1-5,13H,(H,14,16)(H,17,18). The zero-order chi connectivity index (χ0) is 14.7. The molecule has 2 aromatic heterocycles. The first-order chi connectivity index (χ1) is 9.49. The van der Waals surface area contributed by atoms with Gasteiger partial charge < -0.3 is 15.4 Å². The molecule has 2 heterocycles. The summed E-state index contributed by atoms with van der Waals surface area (Å²) in [5.41, 5.74) is -0.638. The molecule has 0 fully saturated rings. The molecule has 0 radical (unpaired) electrons. The van der Waals surface area contributed by atoms with Gasteiger partial charge in [-0.15, -0.1) is 0 Å². The number of nitrogens with zero attached hydrogens (tertiary/aromatic N) is 2. The van der Waals surface area contributed by atoms with Crippen LogP contribution in [0.15, 0.2) is 30.6 Å². The monoisotopic (exact) mass is 276 g/mol. The Labute approximate surface area is 111 Å². The average molecular weight is 276 g/mol. The summed E-state index contributed by atoms with van der Waals surface area (Å²) in [6.45, 7) is 0. The maximum atomic E-state index is 11.8. The van der Waals surface area contributed by atoms with E-state index in [1.54, 1.807) is 0 Å². The average Bonchev–Trinajstić information content (AvgIpc) is 2.89. The third-order valence-electron chi connectivity index (χ3n) is 2.38. The van der Waals surface area contributed by atoms with E-state index in [1.807, 2.05) is 0 Å². The topological polar surface area (TPSA) is 138 Å². The second kappa shape index (κ2) is 5.18. The number of aromatic amines is 1. The number of pyridine rings is 1. The lowest BCUT2D eigenvalue weighted by Crippen LogP contribution is -2.15. The third-order valence-corrected chi connectivity index (χ3v) is 2.38. The number of nitrogens with one attached hydrogen (secondary N) is 2. The number of hydrogen-bond acceptors (Lipinski definition) is 5. The van der Waals surface area contributed by atoms with E-state index in [2.05, 4.69) is 15.3 Å². The Morgan fingerprint density at radius 2 is 2.20 bits per heavy atom. The van der Waals surface area contributed by atoms with Crippen molar-refractivity contribution >= 4 is 23.3 Å². The van der Waals surface area contributed by atoms with Gasteiger partial charge >= 0.3 is 5.97 Å². The molecule has 0 saturated heterocycles. The van der Waals surface area contributed by atoms with Crippen LogP contribution in [0.5, 0.6) is 0 Å². The Morgan fingerprint density at radius 1 is 1.45 bits per heavy atom. The Hall–Kier alpha value is -3.23. The van der Waals surface area contributed by atoms with Crippen LogP contribution in [-0.4, -0.2) is 31.9 Å². The lowest BCUT2D eigenvalue weighted by atomic mass is 10.3. The lowest BCUT2D eigenvalue weighted by molar-refractivity contribution is -0.384. The van der Waals surface area contributed by atoms with Gasteiger partial charge in [-0.2, -0.15) is 0 Å². The van der Waals surface area contributed by atoms with Gasteiger partial charge in [0.2, 0.25) is 0 Å². The molecule has 0 bridgehead atoms. The maximum absolute atomic E-state index is 11.8. The van der Waals surface area contributed by atoms with Crippen molar-refractivity contribution in [3.05, 3.63) is 52.1 Å². The highest BCUT2D eigenvalue weighted by atomic mass is 16.6. The molecule has 3 N–H and O–H groups in total. The summed E-state index contributed by atoms with van der Waals surface area (Å²) in [5.74, 6) is -1.99. The molecular formula is C11H8N4O5. The van der Waals surface area contributed by atoms with E-state index < -0.39 is 16.8 Å². The van der Waals surface area contributed by atoms with Crippen molar-refractivity contribution < 1.29 is 19.6 Å². The van der Waals surface area contributed by atoms with Crippen LogP contribution in [0.1, 0.15) is 21.0 Å². The highest BCUT2D eigenvalue weighted by Gasteiger charge is 2.17. The molecule has 0 aliphatic heterocycles. The molecule has 2 aromatic rings. The highest BCUT2D eigenvalue weighted by Crippen LogP contribution is 2.16. The van der Waals surface area contributed by atoms with Crippen molar-refractivity contribution in [3.8, 4) is 0 Å². The molecule has 0 aliphatic rings. The van der Waals surface area contributed by atoms with Gasteiger partial charge in [-0.1, -0.05) is 0 Å². The number of aromatic nitrogens is 2. The second-order valence-corrected chi connectivity index (χ2v) is 3.69. The van der Waals surface area contributed by atoms with E-state index in [0.717, 1.165) is 12.3 Å². The van der Waals surface area contributed by atoms with Crippen molar-refractivity contribution in [2.45, 2.75) is 0 Å². The number of carboxylic acids is 1. The van der Waals surface area contributed by atoms with Crippen LogP contribution in [-0.2, 0) is 0 Å². The quantitative estimate of drug-likeness (QED) is 0.567. The van der Waals surface area contributed by atoms with Crippen molar-refractivity contribution in [2.75, 3.05) is 5.32 Å². The first-order valence-electron chi connectivity index (χ1n) is 5.31. The van der Waals surface area contributed by atoms with Crippen LogP contribution in [0, 0.1) is 10.1 Å². The van der Waals surface area contributed by atoms with E-state index in [0.29, 0.717) is 0 Å². The SMILES string of the molecule is O=C(Nc1cccnc1C(=O)O)c1cc([N+](=O)[O-])c[nH]1. The molecular weight excluding hydrogens is 268 g/mol. The van der Waals surface area contributed by atoms with E-state index in [9.17, 15) is 19.7 Å². The van der Waals surface area contributed by atoms with Gasteiger partial charge in [-0.05, 0) is 12.1 Å². The number of anilines is 1. The van der Waals surface area contributed by atoms with Gasteiger partial charge in [0.25, 0.3) is 11.6 Å². The predicted octanol–water partition coefficient (Wildman–Crippen LogP) is 1.27. The minimum absolute atomic E-state index is 0.00209. The van der Waals surface area contributed by atoms with Crippen LogP contribution in [0.4, 0.5) is 11.4 Å². The number of amides is 1. The van der Waals surface area contributed by atoms with E-state index in [1.165, 1.54) is 18.3 Å². The first-order valence-corrected chi connectivity index (χ1v) is 5.31. The van der Waals surface area contributed by atoms with Crippen LogP contribution >= 0.6 is 0 Å². The van der Waals surface area contributed by atoms with Crippen molar-refractivity contribution in [1.29, 1.82) is 0 Å². The summed E-state index contributed by atoms with van der Waals surface area (Å²) < 4.78 is 0. The number of carbonyl (C=O) groups excluding carboxylic acids is 1. The molecule has 0 atom stereocenters. The number of hydrogen-bond donors (Lipinski definition) is 3. The molecule has 0 aliphatic carbocycles. The molecule has 2 rings (SSSR count). The van der Waals surface area contributed by atoms with Crippen LogP contribution in [0.3, 0.4) is 0 Å². The number of carboxylic acid groups (broad SMARTS) is 1. The number of carbonyl (C=O) groups is 2. The fraction of sp³-hybridized carbons (Fsp3) is 0. The van der Waals surface area contributed by atoms with Gasteiger partial charge in [0.1, 0.15) is 5.69 Å². The second-order valence-electron chi connectivity index (χ2n) is 3.69. The maximum Gasteiger partial charge on any atom is 0.356 e. The molecule has 0 aromatic carbocycles. The zero-order valence-corrected chi connectivity index (χ0v) is 9.86. The van der Waals surface area contributed by atoms with Gasteiger partial charge in [0, 0.05) is 12.3 Å². The summed E-state index contributed by atoms with van der Waals surface area (Å²) in [5, 5.41) is 21.7. The Balaban J connectivity index is 2.23. The number of H-pyrrole nitrogens is 1. The Bertz CT molecular complexity index is 694. The molecule has 9 heteroatoms. The number of rotatable bonds is 4. The summed E-state index contributed by atoms with van der Waals surface area (Å²) in [6, 6.07) is 3.87. The normalized spacial score (nSPS) is 10.0. The fourth-order valence-electron chi connectivity index (χ4n) is 1.49. The molecule has 102 valence electrons. The van der Waals surface area contributed by atoms with Gasteiger partial charge in [-0.3, -0.25) is 14.9 Å². The number of aromatic carboxylic acids is 1. The first kappa shape index (κ1) is 13.2. The third kappa shape index (κ3) is 2.61. The van der Waals surface area contributed by atoms with Crippen LogP contribution in [0.2, 0.25) is 0 Å². The number of nitro groups is 1. The minimum Gasteiger partial charge on any atom is -0.476 e. The van der Waals surface area contributed by atoms with Crippen LogP contribution in [0.25, 0.3) is 0 Å². The summed E-state index contributed by atoms with van der Waals surface area (Å²) in [6.07, 6.45) is 2.34. The Morgan fingerprint density at radius 3 is 2.80 bits per heavy atom. The molecule has 0 spiro atoms. The van der Waals surface area contributed by atoms with E-state index in [-0.39, 0.29) is 22.8 Å². The Kier molecular flexibility index (Phi) is 3.42. The molecule has 1 amide bonds. The van der Waals surface area contributed by atoms with Gasteiger partial charge in [0.15, 0.2) is 5.69 Å². The predicted molar refractivity (Wildman–Crippen MR) is 66.6 cm³/mol. The van der Waals surface area contributed by atoms with Crippen molar-refractivity contribution in [1.82, 2.24) is 9.97 Å². The zero-order valence-electron chi connectivity index (χ0n) is 9.86. The van der Waals surface area contributed by atoms with Gasteiger partial charge in [-0.25, -0.2) is 9.78 Å². The lowest BCUT2D eigenvalue weighted by Gasteiger charge is -2.05. The largest absolute Gasteiger partial charge is 0.476 e. The summed E-state index contributed by atoms with van der Waals surface area (Å²) in [7, 11) is 0. The van der Waals surface area contributed by atoms with Crippen molar-refractivity contribution in [2.24, 2.45) is 0 Å². The van der Waals surface area contributed by atoms with Crippen molar-refractivity contribution in [3.63, 3.8) is 0 Å². The smallest absolute Gasteiger partial charge is 0.356 e. The van der Waals surface area contributed by atoms with E-state index >= 15 is 0 Å². The fourth-order valence-corrected chi connectivity index (χ4v) is 1.49. The molecule has 0 unspecified atom stereocenters. The van der Waals surface area contributed by atoms with E-state index in [4.69, 9.17) is 5.11 Å². The summed E-state index contributed by atoms with van der Waals surface area (Å²) >= 11 is 0.